The molecular weight excluding hydrogens is 250 g/mol. The lowest BCUT2D eigenvalue weighted by Crippen LogP contribution is -2.27. The molecule has 90 valence electrons. The summed E-state index contributed by atoms with van der Waals surface area (Å²) in [7, 11) is 0. The standard InChI is InChI=1S/C13H10ClN3O/c14-11-3-1-2-4-12(11)17-9-13(18-16-17)10-5-7-15-8-6-10/h1-9,16H. The van der Waals surface area contributed by atoms with Crippen LogP contribution in [0.4, 0.5) is 5.69 Å². The summed E-state index contributed by atoms with van der Waals surface area (Å²) in [6.45, 7) is 0. The fourth-order valence-corrected chi connectivity index (χ4v) is 1.91. The number of pyridine rings is 1. The molecule has 2 aromatic rings. The van der Waals surface area contributed by atoms with E-state index in [-0.39, 0.29) is 0 Å². The zero-order valence-electron chi connectivity index (χ0n) is 9.38. The minimum atomic E-state index is 0.654. The number of rotatable bonds is 2. The van der Waals surface area contributed by atoms with Crippen LogP contribution in [-0.4, -0.2) is 4.98 Å². The van der Waals surface area contributed by atoms with E-state index in [0.29, 0.717) is 5.02 Å². The summed E-state index contributed by atoms with van der Waals surface area (Å²) < 4.78 is 0. The van der Waals surface area contributed by atoms with E-state index in [1.807, 2.05) is 42.6 Å². The minimum absolute atomic E-state index is 0.654. The second-order valence-electron chi connectivity index (χ2n) is 3.74. The molecule has 0 saturated heterocycles. The van der Waals surface area contributed by atoms with Gasteiger partial charge in [-0.25, -0.2) is 5.01 Å². The molecule has 4 nitrogen and oxygen atoms in total. The van der Waals surface area contributed by atoms with Crippen LogP contribution >= 0.6 is 11.6 Å². The monoisotopic (exact) mass is 259 g/mol. The first-order chi connectivity index (χ1) is 8.84. The number of nitrogens with zero attached hydrogens (tertiary/aromatic N) is 2. The Morgan fingerprint density at radius 2 is 1.89 bits per heavy atom. The lowest BCUT2D eigenvalue weighted by molar-refractivity contribution is 0.180. The van der Waals surface area contributed by atoms with Gasteiger partial charge in [0.15, 0.2) is 5.76 Å². The van der Waals surface area contributed by atoms with E-state index in [2.05, 4.69) is 10.6 Å². The van der Waals surface area contributed by atoms with Gasteiger partial charge >= 0.3 is 0 Å². The molecule has 0 spiro atoms. The predicted octanol–water partition coefficient (Wildman–Crippen LogP) is 2.99. The zero-order valence-corrected chi connectivity index (χ0v) is 10.1. The van der Waals surface area contributed by atoms with E-state index in [0.717, 1.165) is 17.0 Å². The molecule has 1 N–H and O–H groups in total. The van der Waals surface area contributed by atoms with Gasteiger partial charge in [0.05, 0.1) is 16.9 Å². The van der Waals surface area contributed by atoms with Crippen LogP contribution in [0, 0.1) is 0 Å². The van der Waals surface area contributed by atoms with E-state index >= 15 is 0 Å². The van der Waals surface area contributed by atoms with Gasteiger partial charge in [-0.2, -0.15) is 0 Å². The molecule has 5 heteroatoms. The van der Waals surface area contributed by atoms with Crippen molar-refractivity contribution < 1.29 is 4.84 Å². The second-order valence-corrected chi connectivity index (χ2v) is 4.15. The van der Waals surface area contributed by atoms with Gasteiger partial charge in [0.1, 0.15) is 0 Å². The first kappa shape index (κ1) is 11.1. The Bertz CT molecular complexity index is 586. The molecule has 3 rings (SSSR count). The van der Waals surface area contributed by atoms with Crippen molar-refractivity contribution in [2.45, 2.75) is 0 Å². The van der Waals surface area contributed by atoms with Gasteiger partial charge in [-0.1, -0.05) is 29.3 Å². The number of nitrogens with one attached hydrogen (secondary N) is 1. The maximum absolute atomic E-state index is 6.12. The van der Waals surface area contributed by atoms with Gasteiger partial charge in [0.2, 0.25) is 0 Å². The Morgan fingerprint density at radius 3 is 2.67 bits per heavy atom. The van der Waals surface area contributed by atoms with Gasteiger partial charge in [-0.15, -0.1) is 0 Å². The predicted molar refractivity (Wildman–Crippen MR) is 70.4 cm³/mol. The lowest BCUT2D eigenvalue weighted by atomic mass is 10.2. The van der Waals surface area contributed by atoms with Gasteiger partial charge in [-0.05, 0) is 24.3 Å². The highest BCUT2D eigenvalue weighted by Gasteiger charge is 2.18. The van der Waals surface area contributed by atoms with Gasteiger partial charge in [-0.3, -0.25) is 4.98 Å². The van der Waals surface area contributed by atoms with Gasteiger partial charge < -0.3 is 4.84 Å². The molecule has 0 fully saturated rings. The molecule has 1 aromatic heterocycles. The van der Waals surface area contributed by atoms with Crippen molar-refractivity contribution in [3.8, 4) is 0 Å². The summed E-state index contributed by atoms with van der Waals surface area (Å²) in [4.78, 5) is 9.38. The van der Waals surface area contributed by atoms with Crippen molar-refractivity contribution in [1.29, 1.82) is 0 Å². The van der Waals surface area contributed by atoms with Crippen LogP contribution in [0.5, 0.6) is 0 Å². The molecule has 1 aromatic carbocycles. The van der Waals surface area contributed by atoms with Crippen molar-refractivity contribution >= 4 is 23.0 Å². The van der Waals surface area contributed by atoms with Gasteiger partial charge in [0.25, 0.3) is 0 Å². The molecule has 1 aliphatic heterocycles. The van der Waals surface area contributed by atoms with E-state index in [9.17, 15) is 0 Å². The van der Waals surface area contributed by atoms with Crippen LogP contribution in [0.1, 0.15) is 5.56 Å². The molecule has 0 atom stereocenters. The van der Waals surface area contributed by atoms with E-state index < -0.39 is 0 Å². The highest BCUT2D eigenvalue weighted by Crippen LogP contribution is 2.28. The van der Waals surface area contributed by atoms with E-state index in [1.165, 1.54) is 0 Å². The summed E-state index contributed by atoms with van der Waals surface area (Å²) in [5, 5.41) is 2.39. The number of benzene rings is 1. The number of anilines is 1. The Hall–Kier alpha value is -2.04. The molecule has 0 bridgehead atoms. The average Bonchev–Trinajstić information content (AvgIpc) is 2.90. The first-order valence-electron chi connectivity index (χ1n) is 5.43. The first-order valence-corrected chi connectivity index (χ1v) is 5.81. The van der Waals surface area contributed by atoms with Crippen LogP contribution in [0.3, 0.4) is 0 Å². The molecule has 0 amide bonds. The molecule has 0 radical (unpaired) electrons. The Kier molecular flexibility index (Phi) is 2.88. The summed E-state index contributed by atoms with van der Waals surface area (Å²) in [5.41, 5.74) is 4.59. The fourth-order valence-electron chi connectivity index (χ4n) is 1.68. The molecule has 0 unspecified atom stereocenters. The number of hydrogen-bond donors (Lipinski definition) is 1. The third-order valence-corrected chi connectivity index (χ3v) is 2.90. The second kappa shape index (κ2) is 4.68. The van der Waals surface area contributed by atoms with Crippen molar-refractivity contribution in [2.75, 3.05) is 5.01 Å². The molecular formula is C13H10ClN3O. The zero-order chi connectivity index (χ0) is 12.4. The Balaban J connectivity index is 1.91. The smallest absolute Gasteiger partial charge is 0.174 e. The number of halogens is 1. The van der Waals surface area contributed by atoms with Gasteiger partial charge in [0, 0.05) is 18.0 Å². The number of hydrazine groups is 1. The third-order valence-electron chi connectivity index (χ3n) is 2.58. The molecule has 1 aliphatic rings. The van der Waals surface area contributed by atoms with Crippen LogP contribution in [0.2, 0.25) is 5.02 Å². The SMILES string of the molecule is Clc1ccccc1N1C=C(c2ccncc2)ON1. The van der Waals surface area contributed by atoms with Crippen LogP contribution in [0.15, 0.2) is 55.0 Å². The summed E-state index contributed by atoms with van der Waals surface area (Å²) in [6.07, 6.45) is 5.28. The molecule has 2 heterocycles. The largest absolute Gasteiger partial charge is 0.386 e. The van der Waals surface area contributed by atoms with Crippen molar-refractivity contribution in [3.63, 3.8) is 0 Å². The molecule has 18 heavy (non-hydrogen) atoms. The maximum Gasteiger partial charge on any atom is 0.174 e. The summed E-state index contributed by atoms with van der Waals surface area (Å²) in [6, 6.07) is 11.3. The van der Waals surface area contributed by atoms with Crippen molar-refractivity contribution in [2.24, 2.45) is 0 Å². The molecule has 0 aliphatic carbocycles. The summed E-state index contributed by atoms with van der Waals surface area (Å²) >= 11 is 6.12. The summed E-state index contributed by atoms with van der Waals surface area (Å²) in [5.74, 6) is 0.720. The number of aromatic nitrogens is 1. The maximum atomic E-state index is 6.12. The van der Waals surface area contributed by atoms with Crippen LogP contribution in [-0.2, 0) is 4.84 Å². The normalized spacial score (nSPS) is 14.3. The van der Waals surface area contributed by atoms with Crippen LogP contribution in [0.25, 0.3) is 5.76 Å². The number of hydrogen-bond acceptors (Lipinski definition) is 4. The Labute approximate surface area is 109 Å². The lowest BCUT2D eigenvalue weighted by Gasteiger charge is -2.14. The topological polar surface area (TPSA) is 37.4 Å². The minimum Gasteiger partial charge on any atom is -0.386 e. The fraction of sp³-hybridized carbons (Fsp3) is 0. The van der Waals surface area contributed by atoms with Crippen molar-refractivity contribution in [3.05, 3.63) is 65.6 Å². The van der Waals surface area contributed by atoms with Crippen LogP contribution < -0.4 is 10.6 Å². The van der Waals surface area contributed by atoms with E-state index in [4.69, 9.17) is 16.4 Å². The average molecular weight is 260 g/mol. The highest BCUT2D eigenvalue weighted by atomic mass is 35.5. The van der Waals surface area contributed by atoms with E-state index in [1.54, 1.807) is 17.4 Å². The third kappa shape index (κ3) is 2.03. The number of para-hydroxylation sites is 1. The van der Waals surface area contributed by atoms with Crippen molar-refractivity contribution in [1.82, 2.24) is 10.6 Å². The molecule has 0 saturated carbocycles. The highest BCUT2D eigenvalue weighted by molar-refractivity contribution is 6.33. The Morgan fingerprint density at radius 1 is 1.11 bits per heavy atom. The quantitative estimate of drug-likeness (QED) is 0.900.